The van der Waals surface area contributed by atoms with E-state index in [2.05, 4.69) is 8.51 Å². The molecule has 4 N–H and O–H groups in total. The Balaban J connectivity index is 2.00. The second-order valence-corrected chi connectivity index (χ2v) is 9.12. The number of halogens is 2. The molecule has 2 aromatic rings. The topological polar surface area (TPSA) is 97.2 Å². The first kappa shape index (κ1) is 18.0. The molecule has 25 heavy (non-hydrogen) atoms. The second kappa shape index (κ2) is 6.47. The van der Waals surface area contributed by atoms with Gasteiger partial charge >= 0.3 is 155 Å². The number of ether oxygens (including phenoxy) is 1. The number of primary amides is 1. The minimum atomic E-state index is -1.18. The van der Waals surface area contributed by atoms with Gasteiger partial charge in [-0.1, -0.05) is 0 Å². The van der Waals surface area contributed by atoms with Crippen molar-refractivity contribution in [2.45, 2.75) is 45.6 Å². The Kier molecular flexibility index (Phi) is 4.65. The molecule has 6 nitrogen and oxygen atoms in total. The average Bonchev–Trinajstić information content (AvgIpc) is 3.04. The summed E-state index contributed by atoms with van der Waals surface area (Å²) in [6.07, 6.45) is 2.09. The van der Waals surface area contributed by atoms with Crippen molar-refractivity contribution >= 4 is 22.9 Å². The van der Waals surface area contributed by atoms with Crippen LogP contribution in [0.3, 0.4) is 0 Å². The van der Waals surface area contributed by atoms with Crippen molar-refractivity contribution in [2.75, 3.05) is 0 Å². The van der Waals surface area contributed by atoms with E-state index in [1.54, 1.807) is 20.8 Å². The van der Waals surface area contributed by atoms with Gasteiger partial charge in [0.2, 0.25) is 0 Å². The van der Waals surface area contributed by atoms with Crippen LogP contribution in [0.25, 0.3) is 10.9 Å². The Morgan fingerprint density at radius 3 is 2.72 bits per heavy atom. The number of hydrogen-bond acceptors (Lipinski definition) is 3. The number of benzene rings is 1. The van der Waals surface area contributed by atoms with Crippen LogP contribution in [0.15, 0.2) is 6.07 Å². The Hall–Kier alpha value is -1.84. The van der Waals surface area contributed by atoms with E-state index >= 15 is 0 Å². The van der Waals surface area contributed by atoms with Crippen LogP contribution >= 0.6 is 0 Å². The van der Waals surface area contributed by atoms with E-state index in [1.807, 2.05) is 0 Å². The molecule has 0 atom stereocenters. The maximum atomic E-state index is 14.7. The quantitative estimate of drug-likeness (QED) is 0.430. The van der Waals surface area contributed by atoms with Crippen molar-refractivity contribution in [3.8, 4) is 0 Å². The fourth-order valence-corrected chi connectivity index (χ4v) is 4.90. The van der Waals surface area contributed by atoms with Crippen LogP contribution < -0.4 is 30.7 Å². The fraction of sp³-hybridized carbons (Fsp3) is 0.412. The van der Waals surface area contributed by atoms with Gasteiger partial charge in [-0.05, 0) is 0 Å². The van der Waals surface area contributed by atoms with Gasteiger partial charge in [0.25, 0.3) is 0 Å². The van der Waals surface area contributed by atoms with Crippen LogP contribution in [0, 0.1) is 9.39 Å². The summed E-state index contributed by atoms with van der Waals surface area (Å²) in [4.78, 5) is 26.8. The van der Waals surface area contributed by atoms with E-state index in [9.17, 15) is 14.0 Å². The third kappa shape index (κ3) is 3.58. The number of nitrogens with two attached hydrogens (primary N) is 1. The van der Waals surface area contributed by atoms with Gasteiger partial charge in [0, 0.05) is 0 Å². The third-order valence-corrected chi connectivity index (χ3v) is 6.20. The molecule has 0 aliphatic heterocycles. The monoisotopic (exact) mass is 460 g/mol. The van der Waals surface area contributed by atoms with Crippen LogP contribution in [-0.2, 0) is 17.6 Å². The van der Waals surface area contributed by atoms with Crippen LogP contribution in [0.5, 0.6) is 0 Å². The molecule has 3 rings (SSSR count). The number of H-pyrrole nitrogens is 1. The molecule has 8 heteroatoms. The molecule has 1 aliphatic carbocycles. The number of rotatable bonds is 3. The molecule has 0 saturated carbocycles. The molecule has 1 aromatic carbocycles. The number of aromatic nitrogens is 1. The van der Waals surface area contributed by atoms with E-state index in [0.717, 1.165) is 36.6 Å². The SMILES string of the molecule is CC(C)(C)OC(=O)N[I-]c1c(F)cc(C(N)=O)c2[nH]c3c(c12)CCC3. The van der Waals surface area contributed by atoms with Gasteiger partial charge in [0.1, 0.15) is 0 Å². The zero-order valence-electron chi connectivity index (χ0n) is 14.3. The number of aromatic amines is 1. The molecule has 1 aliphatic rings. The number of carbonyl (C=O) groups excluding carboxylic acids is 2. The zero-order valence-corrected chi connectivity index (χ0v) is 16.4. The van der Waals surface area contributed by atoms with E-state index < -0.39 is 44.9 Å². The van der Waals surface area contributed by atoms with Gasteiger partial charge < -0.3 is 0 Å². The van der Waals surface area contributed by atoms with Gasteiger partial charge in [-0.25, -0.2) is 0 Å². The van der Waals surface area contributed by atoms with Crippen LogP contribution in [0.2, 0.25) is 0 Å². The number of aryl methyl sites for hydroxylation is 2. The van der Waals surface area contributed by atoms with E-state index in [4.69, 9.17) is 10.5 Å². The number of carbonyl (C=O) groups is 2. The van der Waals surface area contributed by atoms with E-state index in [0.29, 0.717) is 14.5 Å². The minimum absolute atomic E-state index is 0.145. The standard InChI is InChI=1S/C17H20FIN3O3/c1-17(2,3)25-16(24)22-19-13-10(18)7-9(15(20)23)14-12(13)8-5-4-6-11(8)21-14/h7,21H,4-6H2,1-3H3,(H2,20,23)(H,22,24)/q-1. The van der Waals surface area contributed by atoms with Crippen molar-refractivity contribution in [2.24, 2.45) is 5.73 Å². The number of fused-ring (bicyclic) bond motifs is 3. The van der Waals surface area contributed by atoms with Crippen LogP contribution in [0.1, 0.15) is 48.8 Å². The molecule has 0 fully saturated rings. The summed E-state index contributed by atoms with van der Waals surface area (Å²) in [6.45, 7) is 5.30. The van der Waals surface area contributed by atoms with Gasteiger partial charge in [-0.2, -0.15) is 0 Å². The predicted octanol–water partition coefficient (Wildman–Crippen LogP) is -0.407. The van der Waals surface area contributed by atoms with Crippen molar-refractivity contribution in [1.29, 1.82) is 0 Å². The van der Waals surface area contributed by atoms with Crippen molar-refractivity contribution in [3.63, 3.8) is 0 Å². The molecule has 0 radical (unpaired) electrons. The summed E-state index contributed by atoms with van der Waals surface area (Å²) in [5.41, 5.74) is 7.54. The van der Waals surface area contributed by atoms with E-state index in [-0.39, 0.29) is 5.56 Å². The Morgan fingerprint density at radius 2 is 2.08 bits per heavy atom. The molecule has 0 spiro atoms. The molecule has 2 amide bonds. The summed E-state index contributed by atoms with van der Waals surface area (Å²) in [5.74, 6) is -1.19. The molecule has 0 saturated heterocycles. The van der Waals surface area contributed by atoms with Gasteiger partial charge in [-0.3, -0.25) is 0 Å². The number of hydrogen-bond donors (Lipinski definition) is 3. The Labute approximate surface area is 155 Å². The third-order valence-electron chi connectivity index (χ3n) is 3.90. The maximum absolute atomic E-state index is 14.7. The summed E-state index contributed by atoms with van der Waals surface area (Å²) in [6, 6.07) is 1.15. The van der Waals surface area contributed by atoms with Crippen LogP contribution in [-0.4, -0.2) is 22.6 Å². The first-order valence-electron chi connectivity index (χ1n) is 7.96. The van der Waals surface area contributed by atoms with Crippen molar-refractivity contribution < 1.29 is 40.2 Å². The molecular formula is C17H20FIN3O3-. The van der Waals surface area contributed by atoms with E-state index in [1.165, 1.54) is 0 Å². The van der Waals surface area contributed by atoms with Crippen molar-refractivity contribution in [1.82, 2.24) is 8.51 Å². The first-order chi connectivity index (χ1) is 11.7. The zero-order chi connectivity index (χ0) is 18.4. The number of amides is 2. The predicted molar refractivity (Wildman–Crippen MR) is 86.9 cm³/mol. The summed E-state index contributed by atoms with van der Waals surface area (Å²) < 4.78 is 23.1. The summed E-state index contributed by atoms with van der Waals surface area (Å²) in [7, 11) is 0. The normalized spacial score (nSPS) is 13.9. The molecule has 136 valence electrons. The molecule has 0 bridgehead atoms. The van der Waals surface area contributed by atoms with Crippen LogP contribution in [0.4, 0.5) is 9.18 Å². The Morgan fingerprint density at radius 1 is 1.36 bits per heavy atom. The van der Waals surface area contributed by atoms with Crippen molar-refractivity contribution in [3.05, 3.63) is 32.3 Å². The van der Waals surface area contributed by atoms with Gasteiger partial charge in [-0.15, -0.1) is 0 Å². The Bertz CT molecular complexity index is 870. The fourth-order valence-electron chi connectivity index (χ4n) is 3.02. The number of nitrogens with one attached hydrogen (secondary N) is 2. The van der Waals surface area contributed by atoms with Gasteiger partial charge in [0.15, 0.2) is 0 Å². The molecule has 1 aromatic heterocycles. The summed E-state index contributed by atoms with van der Waals surface area (Å²) in [5, 5.41) is 0.699. The second-order valence-electron chi connectivity index (χ2n) is 6.96. The first-order valence-corrected chi connectivity index (χ1v) is 10.1. The molecule has 0 unspecified atom stereocenters. The van der Waals surface area contributed by atoms with Gasteiger partial charge in [0.05, 0.1) is 0 Å². The molecule has 1 heterocycles. The summed E-state index contributed by atoms with van der Waals surface area (Å²) >= 11 is -1.18. The average molecular weight is 460 g/mol. The molecular weight excluding hydrogens is 440 g/mol.